The lowest BCUT2D eigenvalue weighted by Gasteiger charge is -2.13. The van der Waals surface area contributed by atoms with Gasteiger partial charge in [0, 0.05) is 22.0 Å². The number of hydrogen-bond donors (Lipinski definition) is 2. The van der Waals surface area contributed by atoms with Crippen molar-refractivity contribution in [2.24, 2.45) is 5.14 Å². The molecule has 3 N–H and O–H groups in total. The molecule has 6 aromatic rings. The summed E-state index contributed by atoms with van der Waals surface area (Å²) in [5.74, 6) is 1.98. The van der Waals surface area contributed by atoms with Crippen LogP contribution in [-0.4, -0.2) is 35.3 Å². The Morgan fingerprint density at radius 3 is 2.36 bits per heavy atom. The number of methoxy groups -OCH3 is 1. The van der Waals surface area contributed by atoms with Gasteiger partial charge < -0.3 is 10.1 Å². The van der Waals surface area contributed by atoms with Crippen molar-refractivity contribution in [1.29, 1.82) is 0 Å². The van der Waals surface area contributed by atoms with E-state index in [4.69, 9.17) is 15.0 Å². The molecule has 0 atom stereocenters. The number of hydrogen-bond acceptors (Lipinski definition) is 7. The summed E-state index contributed by atoms with van der Waals surface area (Å²) < 4.78 is 30.9. The third-order valence-electron chi connectivity index (χ3n) is 6.59. The summed E-state index contributed by atoms with van der Waals surface area (Å²) in [5.41, 5.74) is 4.83. The van der Waals surface area contributed by atoms with Gasteiger partial charge in [-0.3, -0.25) is 0 Å². The predicted molar refractivity (Wildman–Crippen MR) is 152 cm³/mol. The molecule has 0 amide bonds. The topological polar surface area (TPSA) is 124 Å². The molecule has 0 aliphatic carbocycles. The maximum absolute atomic E-state index is 11.9. The first kappa shape index (κ1) is 24.5. The maximum atomic E-state index is 11.9. The van der Waals surface area contributed by atoms with Crippen LogP contribution in [0.5, 0.6) is 5.75 Å². The Kier molecular flexibility index (Phi) is 5.97. The van der Waals surface area contributed by atoms with E-state index in [1.165, 1.54) is 6.07 Å². The van der Waals surface area contributed by atoms with Gasteiger partial charge in [-0.25, -0.2) is 13.6 Å². The lowest BCUT2D eigenvalue weighted by molar-refractivity contribution is 0.415. The van der Waals surface area contributed by atoms with E-state index in [2.05, 4.69) is 15.5 Å². The molecule has 39 heavy (non-hydrogen) atoms. The Balaban J connectivity index is 1.46. The highest BCUT2D eigenvalue weighted by molar-refractivity contribution is 7.89. The van der Waals surface area contributed by atoms with Crippen molar-refractivity contribution in [1.82, 2.24) is 19.8 Å². The average molecular weight is 537 g/mol. The zero-order valence-corrected chi connectivity index (χ0v) is 22.0. The van der Waals surface area contributed by atoms with Crippen LogP contribution in [0.25, 0.3) is 38.9 Å². The van der Waals surface area contributed by atoms with Crippen LogP contribution in [0.2, 0.25) is 0 Å². The minimum atomic E-state index is -3.83. The number of primary sulfonamides is 1. The van der Waals surface area contributed by atoms with Crippen LogP contribution in [0, 0.1) is 6.92 Å². The van der Waals surface area contributed by atoms with Crippen LogP contribution in [0.15, 0.2) is 95.9 Å². The number of nitrogens with one attached hydrogen (secondary N) is 1. The summed E-state index contributed by atoms with van der Waals surface area (Å²) in [6.45, 7) is 1.93. The average Bonchev–Trinajstić information content (AvgIpc) is 3.37. The number of ether oxygens (including phenoxy) is 1. The molecule has 194 valence electrons. The van der Waals surface area contributed by atoms with Crippen LogP contribution in [0.1, 0.15) is 5.56 Å². The quantitative estimate of drug-likeness (QED) is 0.295. The number of fused-ring (bicyclic) bond motifs is 3. The number of sulfonamides is 1. The normalized spacial score (nSPS) is 11.7. The van der Waals surface area contributed by atoms with E-state index in [1.54, 1.807) is 23.8 Å². The van der Waals surface area contributed by atoms with E-state index < -0.39 is 10.0 Å². The molecule has 0 aliphatic heterocycles. The van der Waals surface area contributed by atoms with Gasteiger partial charge in [0.05, 0.1) is 12.0 Å². The molecule has 0 unspecified atom stereocenters. The van der Waals surface area contributed by atoms with Crippen molar-refractivity contribution < 1.29 is 13.2 Å². The predicted octanol–water partition coefficient (Wildman–Crippen LogP) is 5.32. The minimum Gasteiger partial charge on any atom is -0.497 e. The number of rotatable bonds is 6. The van der Waals surface area contributed by atoms with Gasteiger partial charge in [0.1, 0.15) is 5.75 Å². The van der Waals surface area contributed by atoms with Crippen molar-refractivity contribution in [2.75, 3.05) is 12.4 Å². The van der Waals surface area contributed by atoms with Crippen molar-refractivity contribution in [2.45, 2.75) is 11.8 Å². The second kappa shape index (κ2) is 9.50. The first-order chi connectivity index (χ1) is 18.8. The fourth-order valence-electron chi connectivity index (χ4n) is 4.58. The van der Waals surface area contributed by atoms with E-state index in [0.717, 1.165) is 44.5 Å². The summed E-state index contributed by atoms with van der Waals surface area (Å²) in [4.78, 5) is 0.0678. The van der Waals surface area contributed by atoms with Crippen LogP contribution >= 0.6 is 0 Å². The lowest BCUT2D eigenvalue weighted by atomic mass is 10.0. The minimum absolute atomic E-state index is 0.0678. The Hall–Kier alpha value is -4.80. The number of aryl methyl sites for hydroxylation is 1. The fourth-order valence-corrected chi connectivity index (χ4v) is 5.12. The van der Waals surface area contributed by atoms with Gasteiger partial charge in [-0.05, 0) is 72.1 Å². The molecule has 0 saturated carbocycles. The van der Waals surface area contributed by atoms with E-state index in [9.17, 15) is 8.42 Å². The van der Waals surface area contributed by atoms with Gasteiger partial charge >= 0.3 is 0 Å². The first-order valence-electron chi connectivity index (χ1n) is 12.1. The second-order valence-corrected chi connectivity index (χ2v) is 10.7. The molecule has 0 aliphatic rings. The molecule has 0 spiro atoms. The molecular weight excluding hydrogens is 512 g/mol. The Morgan fingerprint density at radius 2 is 1.62 bits per heavy atom. The molecule has 0 fully saturated rings. The summed E-state index contributed by atoms with van der Waals surface area (Å²) in [6.07, 6.45) is 0. The number of aromatic nitrogens is 4. The Labute approximate surface area is 224 Å². The number of nitrogens with zero attached hydrogens (tertiary/aromatic N) is 4. The molecule has 0 bridgehead atoms. The molecule has 6 rings (SSSR count). The van der Waals surface area contributed by atoms with Crippen molar-refractivity contribution in [3.8, 4) is 28.3 Å². The van der Waals surface area contributed by atoms with Crippen LogP contribution < -0.4 is 15.2 Å². The second-order valence-electron chi connectivity index (χ2n) is 9.11. The molecule has 0 radical (unpaired) electrons. The van der Waals surface area contributed by atoms with E-state index in [-0.39, 0.29) is 4.90 Å². The number of benzene rings is 4. The maximum Gasteiger partial charge on any atom is 0.238 e. The molecule has 10 heteroatoms. The van der Waals surface area contributed by atoms with Gasteiger partial charge in [0.25, 0.3) is 0 Å². The van der Waals surface area contributed by atoms with Crippen LogP contribution in [-0.2, 0) is 10.0 Å². The number of anilines is 2. The molecule has 9 nitrogen and oxygen atoms in total. The molecule has 0 saturated heterocycles. The largest absolute Gasteiger partial charge is 0.497 e. The fraction of sp³-hybridized carbons (Fsp3) is 0.0690. The van der Waals surface area contributed by atoms with Crippen LogP contribution in [0.4, 0.5) is 11.5 Å². The van der Waals surface area contributed by atoms with Crippen LogP contribution in [0.3, 0.4) is 0 Å². The van der Waals surface area contributed by atoms with E-state index in [1.807, 2.05) is 79.7 Å². The van der Waals surface area contributed by atoms with Crippen molar-refractivity contribution in [3.05, 3.63) is 96.6 Å². The summed E-state index contributed by atoms with van der Waals surface area (Å²) in [6, 6.07) is 28.0. The van der Waals surface area contributed by atoms with Crippen molar-refractivity contribution in [3.63, 3.8) is 0 Å². The third kappa shape index (κ3) is 4.56. The zero-order chi connectivity index (χ0) is 27.1. The monoisotopic (exact) mass is 536 g/mol. The molecular formula is C29H24N6O3S. The Bertz CT molecular complexity index is 1970. The van der Waals surface area contributed by atoms with E-state index >= 15 is 0 Å². The summed E-state index contributed by atoms with van der Waals surface area (Å²) >= 11 is 0. The van der Waals surface area contributed by atoms with Gasteiger partial charge in [-0.1, -0.05) is 42.5 Å². The smallest absolute Gasteiger partial charge is 0.238 e. The van der Waals surface area contributed by atoms with Gasteiger partial charge in [0.2, 0.25) is 10.0 Å². The first-order valence-corrected chi connectivity index (χ1v) is 13.7. The van der Waals surface area contributed by atoms with E-state index in [0.29, 0.717) is 17.3 Å². The van der Waals surface area contributed by atoms with Crippen molar-refractivity contribution >= 4 is 37.9 Å². The lowest BCUT2D eigenvalue weighted by Crippen LogP contribution is -2.12. The van der Waals surface area contributed by atoms with Gasteiger partial charge in [-0.2, -0.15) is 4.52 Å². The molecule has 2 aromatic heterocycles. The summed E-state index contributed by atoms with van der Waals surface area (Å²) in [5, 5.41) is 24.4. The summed E-state index contributed by atoms with van der Waals surface area (Å²) in [7, 11) is -2.20. The number of nitrogens with two attached hydrogens (primary N) is 1. The third-order valence-corrected chi connectivity index (χ3v) is 7.50. The molecule has 4 aromatic carbocycles. The standard InChI is InChI=1S/C29H24N6O3S/c1-18-10-15-23(39(30,36)37)17-26(18)20-6-5-7-21(16-20)31-27-24-8-3-4-9-25(24)29-33-32-28(35(29)34-27)19-11-13-22(38-2)14-12-19/h3-17H,1-2H3,(H,31,34)(H2,30,36,37). The highest BCUT2D eigenvalue weighted by atomic mass is 32.2. The highest BCUT2D eigenvalue weighted by Crippen LogP contribution is 2.32. The SMILES string of the molecule is COc1ccc(-c2nnc3c4ccccc4c(Nc4cccc(-c5cc(S(N)(=O)=O)ccc5C)c4)nn23)cc1. The highest BCUT2D eigenvalue weighted by Gasteiger charge is 2.16. The van der Waals surface area contributed by atoms with Gasteiger partial charge in [0.15, 0.2) is 17.3 Å². The molecule has 2 heterocycles. The Morgan fingerprint density at radius 1 is 0.846 bits per heavy atom. The zero-order valence-electron chi connectivity index (χ0n) is 21.2. The van der Waals surface area contributed by atoms with Gasteiger partial charge in [-0.15, -0.1) is 15.3 Å².